The SMILES string of the molecule is CCC(=O)c1ccccc1N(CC)Cc1ccncc1. The molecular formula is C17H20N2O. The second kappa shape index (κ2) is 6.85. The van der Waals surface area contributed by atoms with Crippen LogP contribution >= 0.6 is 0 Å². The molecule has 0 aliphatic heterocycles. The fourth-order valence-electron chi connectivity index (χ4n) is 2.25. The molecule has 3 nitrogen and oxygen atoms in total. The van der Waals surface area contributed by atoms with Crippen molar-refractivity contribution in [3.05, 3.63) is 59.9 Å². The fraction of sp³-hybridized carbons (Fsp3) is 0.294. The lowest BCUT2D eigenvalue weighted by Gasteiger charge is -2.25. The van der Waals surface area contributed by atoms with Gasteiger partial charge in [-0.05, 0) is 36.8 Å². The molecule has 0 saturated carbocycles. The highest BCUT2D eigenvalue weighted by atomic mass is 16.1. The summed E-state index contributed by atoms with van der Waals surface area (Å²) in [6.07, 6.45) is 4.13. The molecule has 0 spiro atoms. The molecule has 2 rings (SSSR count). The summed E-state index contributed by atoms with van der Waals surface area (Å²) >= 11 is 0. The molecule has 0 bridgehead atoms. The summed E-state index contributed by atoms with van der Waals surface area (Å²) in [4.78, 5) is 18.3. The molecule has 0 aliphatic carbocycles. The van der Waals surface area contributed by atoms with Crippen molar-refractivity contribution in [1.82, 2.24) is 4.98 Å². The maximum atomic E-state index is 12.1. The number of para-hydroxylation sites is 1. The Labute approximate surface area is 120 Å². The minimum atomic E-state index is 0.189. The molecule has 2 aromatic rings. The Bertz CT molecular complexity index is 566. The molecule has 0 unspecified atom stereocenters. The highest BCUT2D eigenvalue weighted by Gasteiger charge is 2.14. The highest BCUT2D eigenvalue weighted by molar-refractivity contribution is 6.01. The van der Waals surface area contributed by atoms with Gasteiger partial charge in [0.15, 0.2) is 5.78 Å². The van der Waals surface area contributed by atoms with E-state index in [9.17, 15) is 4.79 Å². The third-order valence-corrected chi connectivity index (χ3v) is 3.37. The molecule has 104 valence electrons. The number of aromatic nitrogens is 1. The summed E-state index contributed by atoms with van der Waals surface area (Å²) in [7, 11) is 0. The number of nitrogens with zero attached hydrogens (tertiary/aromatic N) is 2. The second-order valence-electron chi connectivity index (χ2n) is 4.66. The van der Waals surface area contributed by atoms with Crippen molar-refractivity contribution in [1.29, 1.82) is 0 Å². The highest BCUT2D eigenvalue weighted by Crippen LogP contribution is 2.23. The summed E-state index contributed by atoms with van der Waals surface area (Å²) in [5.74, 6) is 0.189. The second-order valence-corrected chi connectivity index (χ2v) is 4.66. The molecule has 0 fully saturated rings. The summed E-state index contributed by atoms with van der Waals surface area (Å²) in [5, 5.41) is 0. The van der Waals surface area contributed by atoms with Crippen LogP contribution in [0.3, 0.4) is 0 Å². The zero-order chi connectivity index (χ0) is 14.4. The number of carbonyl (C=O) groups excluding carboxylic acids is 1. The van der Waals surface area contributed by atoms with Gasteiger partial charge in [-0.25, -0.2) is 0 Å². The van der Waals surface area contributed by atoms with Gasteiger partial charge in [-0.1, -0.05) is 19.1 Å². The number of pyridine rings is 1. The van der Waals surface area contributed by atoms with Crippen LogP contribution in [-0.4, -0.2) is 17.3 Å². The number of Topliss-reactive ketones (excluding diaryl/α,β-unsaturated/α-hetero) is 1. The first-order valence-corrected chi connectivity index (χ1v) is 7.02. The van der Waals surface area contributed by atoms with Gasteiger partial charge in [0.1, 0.15) is 0 Å². The van der Waals surface area contributed by atoms with E-state index in [0.29, 0.717) is 6.42 Å². The first-order valence-electron chi connectivity index (χ1n) is 7.02. The predicted octanol–water partition coefficient (Wildman–Crippen LogP) is 3.70. The van der Waals surface area contributed by atoms with E-state index in [1.165, 1.54) is 5.56 Å². The van der Waals surface area contributed by atoms with Gasteiger partial charge in [0.05, 0.1) is 0 Å². The van der Waals surface area contributed by atoms with Crippen LogP contribution in [0, 0.1) is 0 Å². The fourth-order valence-corrected chi connectivity index (χ4v) is 2.25. The molecule has 20 heavy (non-hydrogen) atoms. The van der Waals surface area contributed by atoms with Crippen LogP contribution in [0.5, 0.6) is 0 Å². The molecule has 0 saturated heterocycles. The lowest BCUT2D eigenvalue weighted by atomic mass is 10.1. The molecule has 0 amide bonds. The molecule has 1 heterocycles. The first kappa shape index (κ1) is 14.3. The monoisotopic (exact) mass is 268 g/mol. The van der Waals surface area contributed by atoms with Gasteiger partial charge in [-0.2, -0.15) is 0 Å². The third kappa shape index (κ3) is 3.23. The van der Waals surface area contributed by atoms with Gasteiger partial charge < -0.3 is 4.90 Å². The Morgan fingerprint density at radius 1 is 1.10 bits per heavy atom. The van der Waals surface area contributed by atoms with Crippen LogP contribution in [0.1, 0.15) is 36.2 Å². The number of ketones is 1. The van der Waals surface area contributed by atoms with E-state index in [0.717, 1.165) is 24.3 Å². The van der Waals surface area contributed by atoms with E-state index < -0.39 is 0 Å². The quantitative estimate of drug-likeness (QED) is 0.749. The molecule has 0 radical (unpaired) electrons. The Morgan fingerprint density at radius 3 is 2.45 bits per heavy atom. The Kier molecular flexibility index (Phi) is 4.88. The Morgan fingerprint density at radius 2 is 1.80 bits per heavy atom. The van der Waals surface area contributed by atoms with E-state index in [1.54, 1.807) is 12.4 Å². The lowest BCUT2D eigenvalue weighted by Crippen LogP contribution is -2.24. The molecule has 3 heteroatoms. The van der Waals surface area contributed by atoms with E-state index in [2.05, 4.69) is 16.8 Å². The zero-order valence-corrected chi connectivity index (χ0v) is 12.0. The predicted molar refractivity (Wildman–Crippen MR) is 82.0 cm³/mol. The standard InChI is InChI=1S/C17H20N2O/c1-3-17(20)15-7-5-6-8-16(15)19(4-2)13-14-9-11-18-12-10-14/h5-12H,3-4,13H2,1-2H3. The average molecular weight is 268 g/mol. The maximum Gasteiger partial charge on any atom is 0.164 e. The third-order valence-electron chi connectivity index (χ3n) is 3.37. The van der Waals surface area contributed by atoms with Gasteiger partial charge in [0.25, 0.3) is 0 Å². The summed E-state index contributed by atoms with van der Waals surface area (Å²) in [6.45, 7) is 5.65. The molecule has 1 aromatic heterocycles. The average Bonchev–Trinajstić information content (AvgIpc) is 2.53. The first-order chi connectivity index (χ1) is 9.76. The number of carbonyl (C=O) groups is 1. The van der Waals surface area contributed by atoms with Gasteiger partial charge >= 0.3 is 0 Å². The molecule has 0 atom stereocenters. The maximum absolute atomic E-state index is 12.1. The Balaban J connectivity index is 2.30. The molecule has 0 aliphatic rings. The molecular weight excluding hydrogens is 248 g/mol. The topological polar surface area (TPSA) is 33.2 Å². The van der Waals surface area contributed by atoms with Crippen molar-refractivity contribution < 1.29 is 4.79 Å². The van der Waals surface area contributed by atoms with Crippen LogP contribution in [0.15, 0.2) is 48.8 Å². The summed E-state index contributed by atoms with van der Waals surface area (Å²) in [5.41, 5.74) is 3.02. The van der Waals surface area contributed by atoms with Gasteiger partial charge in [0.2, 0.25) is 0 Å². The summed E-state index contributed by atoms with van der Waals surface area (Å²) in [6, 6.07) is 11.9. The lowest BCUT2D eigenvalue weighted by molar-refractivity contribution is 0.0988. The number of hydrogen-bond acceptors (Lipinski definition) is 3. The van der Waals surface area contributed by atoms with Crippen molar-refractivity contribution in [3.8, 4) is 0 Å². The minimum Gasteiger partial charge on any atom is -0.367 e. The van der Waals surface area contributed by atoms with Crippen molar-refractivity contribution in [3.63, 3.8) is 0 Å². The van der Waals surface area contributed by atoms with Crippen molar-refractivity contribution >= 4 is 11.5 Å². The number of hydrogen-bond donors (Lipinski definition) is 0. The van der Waals surface area contributed by atoms with Crippen LogP contribution in [0.4, 0.5) is 5.69 Å². The van der Waals surface area contributed by atoms with E-state index >= 15 is 0 Å². The zero-order valence-electron chi connectivity index (χ0n) is 12.0. The van der Waals surface area contributed by atoms with Crippen molar-refractivity contribution in [2.75, 3.05) is 11.4 Å². The van der Waals surface area contributed by atoms with Crippen molar-refractivity contribution in [2.45, 2.75) is 26.8 Å². The number of anilines is 1. The van der Waals surface area contributed by atoms with E-state index in [4.69, 9.17) is 0 Å². The van der Waals surface area contributed by atoms with Crippen LogP contribution in [-0.2, 0) is 6.54 Å². The summed E-state index contributed by atoms with van der Waals surface area (Å²) < 4.78 is 0. The van der Waals surface area contributed by atoms with Gasteiger partial charge in [-0.3, -0.25) is 9.78 Å². The normalized spacial score (nSPS) is 10.3. The van der Waals surface area contributed by atoms with Gasteiger partial charge in [-0.15, -0.1) is 0 Å². The van der Waals surface area contributed by atoms with Crippen LogP contribution < -0.4 is 4.90 Å². The largest absolute Gasteiger partial charge is 0.367 e. The Hall–Kier alpha value is -2.16. The van der Waals surface area contributed by atoms with Gasteiger partial charge in [0, 0.05) is 43.2 Å². The van der Waals surface area contributed by atoms with E-state index in [-0.39, 0.29) is 5.78 Å². The van der Waals surface area contributed by atoms with Crippen LogP contribution in [0.25, 0.3) is 0 Å². The molecule has 0 N–H and O–H groups in total. The van der Waals surface area contributed by atoms with Crippen LogP contribution in [0.2, 0.25) is 0 Å². The molecule has 1 aromatic carbocycles. The number of rotatable bonds is 6. The smallest absolute Gasteiger partial charge is 0.164 e. The van der Waals surface area contributed by atoms with Crippen molar-refractivity contribution in [2.24, 2.45) is 0 Å². The minimum absolute atomic E-state index is 0.189. The number of benzene rings is 1. The van der Waals surface area contributed by atoms with E-state index in [1.807, 2.05) is 43.3 Å².